The van der Waals surface area contributed by atoms with E-state index in [4.69, 9.17) is 0 Å². The van der Waals surface area contributed by atoms with E-state index in [0.717, 1.165) is 31.2 Å². The Labute approximate surface area is 113 Å². The first-order valence-electron chi connectivity index (χ1n) is 6.87. The molecule has 100 valence electrons. The van der Waals surface area contributed by atoms with E-state index in [1.165, 1.54) is 16.7 Å². The lowest BCUT2D eigenvalue weighted by atomic mass is 9.89. The zero-order valence-corrected chi connectivity index (χ0v) is 11.6. The van der Waals surface area contributed by atoms with Gasteiger partial charge in [-0.2, -0.15) is 5.10 Å². The number of fused-ring (bicyclic) bond motifs is 1. The number of rotatable bonds is 3. The number of nitrogens with zero attached hydrogens (tertiary/aromatic N) is 2. The molecule has 1 aromatic heterocycles. The first kappa shape index (κ1) is 12.4. The van der Waals surface area contributed by atoms with Crippen LogP contribution in [0.3, 0.4) is 0 Å². The van der Waals surface area contributed by atoms with E-state index in [1.54, 1.807) is 0 Å². The molecule has 0 spiro atoms. The second kappa shape index (κ2) is 4.49. The average Bonchev–Trinajstić information content (AvgIpc) is 2.93. The summed E-state index contributed by atoms with van der Waals surface area (Å²) in [5, 5.41) is 15.1. The Morgan fingerprint density at radius 3 is 3.00 bits per heavy atom. The van der Waals surface area contributed by atoms with Gasteiger partial charge in [-0.1, -0.05) is 23.8 Å². The predicted octanol–water partition coefficient (Wildman–Crippen LogP) is 2.50. The van der Waals surface area contributed by atoms with Crippen molar-refractivity contribution in [2.45, 2.75) is 38.2 Å². The van der Waals surface area contributed by atoms with Crippen molar-refractivity contribution in [2.24, 2.45) is 7.05 Å². The molecular weight excluding hydrogens is 236 g/mol. The van der Waals surface area contributed by atoms with Gasteiger partial charge >= 0.3 is 0 Å². The number of hydrogen-bond acceptors (Lipinski definition) is 2. The van der Waals surface area contributed by atoms with Crippen LogP contribution in [0.5, 0.6) is 0 Å². The van der Waals surface area contributed by atoms with Gasteiger partial charge in [-0.05, 0) is 49.3 Å². The van der Waals surface area contributed by atoms with Crippen molar-refractivity contribution < 1.29 is 5.11 Å². The highest BCUT2D eigenvalue weighted by molar-refractivity contribution is 5.40. The summed E-state index contributed by atoms with van der Waals surface area (Å²) in [6, 6.07) is 6.43. The molecule has 1 aliphatic carbocycles. The first-order valence-corrected chi connectivity index (χ1v) is 6.87. The van der Waals surface area contributed by atoms with Crippen molar-refractivity contribution in [1.29, 1.82) is 0 Å². The van der Waals surface area contributed by atoms with Gasteiger partial charge in [-0.3, -0.25) is 4.68 Å². The normalized spacial score (nSPS) is 21.6. The molecule has 0 saturated carbocycles. The van der Waals surface area contributed by atoms with Crippen LogP contribution in [0.25, 0.3) is 0 Å². The van der Waals surface area contributed by atoms with Crippen LogP contribution >= 0.6 is 0 Å². The minimum atomic E-state index is -0.656. The highest BCUT2D eigenvalue weighted by Crippen LogP contribution is 2.40. The summed E-state index contributed by atoms with van der Waals surface area (Å²) in [5.74, 6) is 0. The molecule has 19 heavy (non-hydrogen) atoms. The molecule has 3 rings (SSSR count). The monoisotopic (exact) mass is 256 g/mol. The second-order valence-electron chi connectivity index (χ2n) is 5.71. The fourth-order valence-electron chi connectivity index (χ4n) is 3.03. The minimum absolute atomic E-state index is 0.656. The van der Waals surface area contributed by atoms with Gasteiger partial charge in [0.05, 0.1) is 11.8 Å². The van der Waals surface area contributed by atoms with Crippen LogP contribution in [-0.4, -0.2) is 14.9 Å². The Bertz CT molecular complexity index is 603. The molecule has 1 aliphatic rings. The van der Waals surface area contributed by atoms with Gasteiger partial charge in [0.15, 0.2) is 0 Å². The molecule has 3 heteroatoms. The van der Waals surface area contributed by atoms with Crippen molar-refractivity contribution in [1.82, 2.24) is 9.78 Å². The van der Waals surface area contributed by atoms with Crippen molar-refractivity contribution in [2.75, 3.05) is 0 Å². The first-order chi connectivity index (χ1) is 9.07. The standard InChI is InChI=1S/C16H20N2O/c1-12-3-4-14-6-8-16(19,15(14)9-12)7-5-13-10-17-18(2)11-13/h3-4,9-11,19H,5-8H2,1-2H3. The average molecular weight is 256 g/mol. The Morgan fingerprint density at radius 2 is 2.26 bits per heavy atom. The SMILES string of the molecule is Cc1ccc2c(c1)C(O)(CCc1cnn(C)c1)CC2. The molecule has 2 aromatic rings. The zero-order chi connectivity index (χ0) is 13.5. The van der Waals surface area contributed by atoms with Gasteiger partial charge in [0, 0.05) is 13.2 Å². The lowest BCUT2D eigenvalue weighted by molar-refractivity contribution is 0.0297. The molecular formula is C16H20N2O. The maximum absolute atomic E-state index is 10.9. The molecule has 0 fully saturated rings. The van der Waals surface area contributed by atoms with E-state index >= 15 is 0 Å². The highest BCUT2D eigenvalue weighted by atomic mass is 16.3. The van der Waals surface area contributed by atoms with E-state index in [9.17, 15) is 5.11 Å². The van der Waals surface area contributed by atoms with E-state index in [-0.39, 0.29) is 0 Å². The van der Waals surface area contributed by atoms with E-state index in [1.807, 2.05) is 24.1 Å². The molecule has 1 aromatic carbocycles. The Balaban J connectivity index is 1.80. The summed E-state index contributed by atoms with van der Waals surface area (Å²) in [5.41, 5.74) is 4.20. The van der Waals surface area contributed by atoms with Gasteiger partial charge in [-0.25, -0.2) is 0 Å². The van der Waals surface area contributed by atoms with Crippen LogP contribution < -0.4 is 0 Å². The van der Waals surface area contributed by atoms with Gasteiger partial charge in [0.2, 0.25) is 0 Å². The summed E-state index contributed by atoms with van der Waals surface area (Å²) in [6.45, 7) is 2.08. The van der Waals surface area contributed by atoms with Gasteiger partial charge in [0.25, 0.3) is 0 Å². The minimum Gasteiger partial charge on any atom is -0.385 e. The topological polar surface area (TPSA) is 38.1 Å². The van der Waals surface area contributed by atoms with Crippen molar-refractivity contribution in [3.63, 3.8) is 0 Å². The van der Waals surface area contributed by atoms with Crippen LogP contribution in [0, 0.1) is 6.92 Å². The second-order valence-corrected chi connectivity index (χ2v) is 5.71. The lowest BCUT2D eigenvalue weighted by Crippen LogP contribution is -2.23. The summed E-state index contributed by atoms with van der Waals surface area (Å²) in [6.07, 6.45) is 7.38. The van der Waals surface area contributed by atoms with Gasteiger partial charge in [0.1, 0.15) is 0 Å². The lowest BCUT2D eigenvalue weighted by Gasteiger charge is -2.24. The fourth-order valence-corrected chi connectivity index (χ4v) is 3.03. The molecule has 0 amide bonds. The molecule has 0 aliphatic heterocycles. The van der Waals surface area contributed by atoms with Gasteiger partial charge in [-0.15, -0.1) is 0 Å². The third kappa shape index (κ3) is 2.30. The van der Waals surface area contributed by atoms with Crippen molar-refractivity contribution >= 4 is 0 Å². The largest absolute Gasteiger partial charge is 0.385 e. The van der Waals surface area contributed by atoms with Crippen LogP contribution in [0.15, 0.2) is 30.6 Å². The summed E-state index contributed by atoms with van der Waals surface area (Å²) < 4.78 is 1.81. The predicted molar refractivity (Wildman–Crippen MR) is 74.9 cm³/mol. The summed E-state index contributed by atoms with van der Waals surface area (Å²) in [7, 11) is 1.92. The Hall–Kier alpha value is -1.61. The van der Waals surface area contributed by atoms with Crippen LogP contribution in [0.4, 0.5) is 0 Å². The molecule has 1 atom stereocenters. The third-order valence-corrected chi connectivity index (χ3v) is 4.16. The number of benzene rings is 1. The van der Waals surface area contributed by atoms with Crippen LogP contribution in [-0.2, 0) is 25.5 Å². The summed E-state index contributed by atoms with van der Waals surface area (Å²) in [4.78, 5) is 0. The number of hydrogen-bond donors (Lipinski definition) is 1. The molecule has 1 heterocycles. The molecule has 0 radical (unpaired) electrons. The number of aromatic nitrogens is 2. The van der Waals surface area contributed by atoms with E-state index < -0.39 is 5.60 Å². The number of aryl methyl sites for hydroxylation is 4. The number of aliphatic hydroxyl groups is 1. The maximum atomic E-state index is 10.9. The molecule has 0 bridgehead atoms. The molecule has 1 N–H and O–H groups in total. The van der Waals surface area contributed by atoms with E-state index in [2.05, 4.69) is 30.2 Å². The highest BCUT2D eigenvalue weighted by Gasteiger charge is 2.36. The molecule has 0 saturated heterocycles. The smallest absolute Gasteiger partial charge is 0.0905 e. The fraction of sp³-hybridized carbons (Fsp3) is 0.438. The Morgan fingerprint density at radius 1 is 1.42 bits per heavy atom. The third-order valence-electron chi connectivity index (χ3n) is 4.16. The molecule has 1 unspecified atom stereocenters. The van der Waals surface area contributed by atoms with Crippen molar-refractivity contribution in [3.8, 4) is 0 Å². The summed E-state index contributed by atoms with van der Waals surface area (Å²) >= 11 is 0. The quantitative estimate of drug-likeness (QED) is 0.916. The van der Waals surface area contributed by atoms with Gasteiger partial charge < -0.3 is 5.11 Å². The maximum Gasteiger partial charge on any atom is 0.0905 e. The Kier molecular flexibility index (Phi) is 2.94. The molecule has 3 nitrogen and oxygen atoms in total. The van der Waals surface area contributed by atoms with Crippen LogP contribution in [0.2, 0.25) is 0 Å². The zero-order valence-electron chi connectivity index (χ0n) is 11.6. The van der Waals surface area contributed by atoms with Crippen LogP contribution in [0.1, 0.15) is 35.1 Å². The van der Waals surface area contributed by atoms with E-state index in [0.29, 0.717) is 0 Å². The van der Waals surface area contributed by atoms with Crippen molar-refractivity contribution in [3.05, 3.63) is 52.8 Å².